The van der Waals surface area contributed by atoms with Gasteiger partial charge in [0, 0.05) is 5.69 Å². The number of carbonyl (C=O) groups excluding carboxylic acids is 1. The van der Waals surface area contributed by atoms with Crippen molar-refractivity contribution in [3.63, 3.8) is 0 Å². The number of nitrogens with two attached hydrogens (primary N) is 1. The van der Waals surface area contributed by atoms with Gasteiger partial charge in [-0.2, -0.15) is 0 Å². The van der Waals surface area contributed by atoms with Crippen molar-refractivity contribution in [3.8, 4) is 5.75 Å². The molecule has 2 rings (SSSR count). The van der Waals surface area contributed by atoms with E-state index in [1.165, 1.54) is 12.1 Å². The minimum Gasteiger partial charge on any atom is -0.505 e. The second-order valence-corrected chi connectivity index (χ2v) is 5.07. The van der Waals surface area contributed by atoms with Crippen LogP contribution < -0.4 is 11.1 Å². The number of halogens is 3. The van der Waals surface area contributed by atoms with Crippen molar-refractivity contribution in [2.24, 2.45) is 5.73 Å². The summed E-state index contributed by atoms with van der Waals surface area (Å²) in [5.74, 6) is -0.445. The molecular weight excluding hydrogens is 298 g/mol. The molecule has 0 heterocycles. The van der Waals surface area contributed by atoms with Gasteiger partial charge in [0.1, 0.15) is 0 Å². The van der Waals surface area contributed by atoms with Crippen molar-refractivity contribution in [2.45, 2.75) is 24.8 Å². The zero-order chi connectivity index (χ0) is 12.6. The fourth-order valence-electron chi connectivity index (χ4n) is 1.68. The topological polar surface area (TPSA) is 75.4 Å². The van der Waals surface area contributed by atoms with Crippen LogP contribution in [-0.4, -0.2) is 16.6 Å². The Morgan fingerprint density at radius 2 is 1.83 bits per heavy atom. The van der Waals surface area contributed by atoms with E-state index in [-0.39, 0.29) is 34.1 Å². The normalized spacial score (nSPS) is 16.4. The van der Waals surface area contributed by atoms with Gasteiger partial charge in [0.05, 0.1) is 15.6 Å². The van der Waals surface area contributed by atoms with Gasteiger partial charge in [0.25, 0.3) is 0 Å². The summed E-state index contributed by atoms with van der Waals surface area (Å²) < 4.78 is 0. The molecule has 0 spiro atoms. The SMILES string of the molecule is Cl.NC1(C(=O)Nc2cc(Cl)c(O)c(Cl)c2)CCC1. The second kappa shape index (κ2) is 5.53. The Balaban J connectivity index is 0.00000162. The maximum Gasteiger partial charge on any atom is 0.244 e. The zero-order valence-corrected chi connectivity index (χ0v) is 11.7. The number of rotatable bonds is 2. The molecule has 0 saturated heterocycles. The van der Waals surface area contributed by atoms with Crippen molar-refractivity contribution in [1.82, 2.24) is 0 Å². The number of hydrogen-bond donors (Lipinski definition) is 3. The second-order valence-electron chi connectivity index (χ2n) is 4.25. The van der Waals surface area contributed by atoms with Crippen LogP contribution >= 0.6 is 35.6 Å². The molecule has 1 saturated carbocycles. The predicted molar refractivity (Wildman–Crippen MR) is 74.8 cm³/mol. The van der Waals surface area contributed by atoms with Crippen LogP contribution in [0.3, 0.4) is 0 Å². The Morgan fingerprint density at radius 1 is 1.33 bits per heavy atom. The van der Waals surface area contributed by atoms with E-state index in [2.05, 4.69) is 5.32 Å². The predicted octanol–water partition coefficient (Wildman–Crippen LogP) is 2.94. The lowest BCUT2D eigenvalue weighted by Gasteiger charge is -2.36. The summed E-state index contributed by atoms with van der Waals surface area (Å²) in [5, 5.41) is 12.2. The number of phenols is 1. The lowest BCUT2D eigenvalue weighted by atomic mass is 9.77. The highest BCUT2D eigenvalue weighted by Gasteiger charge is 2.40. The molecule has 0 aromatic heterocycles. The summed E-state index contributed by atoms with van der Waals surface area (Å²) in [6.07, 6.45) is 2.32. The quantitative estimate of drug-likeness (QED) is 0.735. The smallest absolute Gasteiger partial charge is 0.244 e. The first-order valence-corrected chi connectivity index (χ1v) is 5.96. The van der Waals surface area contributed by atoms with Gasteiger partial charge < -0.3 is 16.2 Å². The Kier molecular flexibility index (Phi) is 4.72. The van der Waals surface area contributed by atoms with Crippen molar-refractivity contribution >= 4 is 47.2 Å². The number of nitrogens with one attached hydrogen (secondary N) is 1. The van der Waals surface area contributed by atoms with Gasteiger partial charge in [-0.15, -0.1) is 12.4 Å². The van der Waals surface area contributed by atoms with Gasteiger partial charge >= 0.3 is 0 Å². The molecule has 1 aromatic rings. The van der Waals surface area contributed by atoms with Gasteiger partial charge in [-0.25, -0.2) is 0 Å². The van der Waals surface area contributed by atoms with E-state index in [0.29, 0.717) is 18.5 Å². The first kappa shape index (κ1) is 15.4. The molecule has 1 aliphatic carbocycles. The van der Waals surface area contributed by atoms with Gasteiger partial charge in [-0.05, 0) is 31.4 Å². The lowest BCUT2D eigenvalue weighted by Crippen LogP contribution is -2.56. The van der Waals surface area contributed by atoms with E-state index in [9.17, 15) is 9.90 Å². The maximum atomic E-state index is 11.8. The summed E-state index contributed by atoms with van der Waals surface area (Å²) in [6.45, 7) is 0. The van der Waals surface area contributed by atoms with Crippen molar-refractivity contribution < 1.29 is 9.90 Å². The molecule has 0 radical (unpaired) electrons. The molecule has 0 unspecified atom stereocenters. The average molecular weight is 312 g/mol. The summed E-state index contributed by atoms with van der Waals surface area (Å²) in [4.78, 5) is 11.8. The maximum absolute atomic E-state index is 11.8. The van der Waals surface area contributed by atoms with E-state index >= 15 is 0 Å². The summed E-state index contributed by atoms with van der Waals surface area (Å²) >= 11 is 11.5. The number of aromatic hydroxyl groups is 1. The third kappa shape index (κ3) is 2.83. The van der Waals surface area contributed by atoms with Crippen LogP contribution in [0.1, 0.15) is 19.3 Å². The van der Waals surface area contributed by atoms with E-state index in [0.717, 1.165) is 6.42 Å². The van der Waals surface area contributed by atoms with E-state index < -0.39 is 5.54 Å². The Bertz CT molecular complexity index is 452. The Hall–Kier alpha value is -0.680. The molecule has 1 fully saturated rings. The third-order valence-corrected chi connectivity index (χ3v) is 3.55. The number of phenolic OH excluding ortho intramolecular Hbond substituents is 1. The lowest BCUT2D eigenvalue weighted by molar-refractivity contribution is -0.123. The average Bonchev–Trinajstić information content (AvgIpc) is 2.22. The molecule has 1 aromatic carbocycles. The minimum atomic E-state index is -0.781. The Labute approximate surface area is 121 Å². The molecule has 0 bridgehead atoms. The summed E-state index contributed by atoms with van der Waals surface area (Å²) in [6, 6.07) is 2.87. The molecule has 18 heavy (non-hydrogen) atoms. The van der Waals surface area contributed by atoms with Crippen molar-refractivity contribution in [1.29, 1.82) is 0 Å². The molecule has 100 valence electrons. The molecule has 4 N–H and O–H groups in total. The van der Waals surface area contributed by atoms with E-state index in [1.54, 1.807) is 0 Å². The van der Waals surface area contributed by atoms with Crippen LogP contribution in [0.5, 0.6) is 5.75 Å². The van der Waals surface area contributed by atoms with Crippen LogP contribution in [0.15, 0.2) is 12.1 Å². The van der Waals surface area contributed by atoms with Crippen LogP contribution in [0.4, 0.5) is 5.69 Å². The first-order valence-electron chi connectivity index (χ1n) is 5.21. The summed E-state index contributed by atoms with van der Waals surface area (Å²) in [7, 11) is 0. The standard InChI is InChI=1S/C11H12Cl2N2O2.ClH/c12-7-4-6(5-8(13)9(7)16)15-10(17)11(14)2-1-3-11;/h4-5,16H,1-3,14H2,(H,15,17);1H. The van der Waals surface area contributed by atoms with Gasteiger partial charge in [0.2, 0.25) is 5.91 Å². The van der Waals surface area contributed by atoms with Gasteiger partial charge in [-0.1, -0.05) is 23.2 Å². The Morgan fingerprint density at radius 3 is 2.22 bits per heavy atom. The third-order valence-electron chi connectivity index (χ3n) is 2.97. The molecular formula is C11H13Cl3N2O2. The van der Waals surface area contributed by atoms with Crippen molar-refractivity contribution in [2.75, 3.05) is 5.32 Å². The highest BCUT2D eigenvalue weighted by Crippen LogP contribution is 2.36. The monoisotopic (exact) mass is 310 g/mol. The number of amides is 1. The number of hydrogen-bond acceptors (Lipinski definition) is 3. The van der Waals surface area contributed by atoms with Crippen LogP contribution in [0.2, 0.25) is 10.0 Å². The van der Waals surface area contributed by atoms with Crippen LogP contribution in [0, 0.1) is 0 Å². The molecule has 4 nitrogen and oxygen atoms in total. The summed E-state index contributed by atoms with van der Waals surface area (Å²) in [5.41, 5.74) is 5.52. The van der Waals surface area contributed by atoms with Gasteiger partial charge in [0.15, 0.2) is 5.75 Å². The number of benzene rings is 1. The fraction of sp³-hybridized carbons (Fsp3) is 0.364. The molecule has 7 heteroatoms. The highest BCUT2D eigenvalue weighted by atomic mass is 35.5. The largest absolute Gasteiger partial charge is 0.505 e. The number of carbonyl (C=O) groups is 1. The molecule has 1 amide bonds. The first-order chi connectivity index (χ1) is 7.92. The highest BCUT2D eigenvalue weighted by molar-refractivity contribution is 6.37. The molecule has 0 aliphatic heterocycles. The van der Waals surface area contributed by atoms with Gasteiger partial charge in [-0.3, -0.25) is 4.79 Å². The van der Waals surface area contributed by atoms with Crippen molar-refractivity contribution in [3.05, 3.63) is 22.2 Å². The number of anilines is 1. The van der Waals surface area contributed by atoms with Crippen LogP contribution in [-0.2, 0) is 4.79 Å². The molecule has 1 aliphatic rings. The van der Waals surface area contributed by atoms with Crippen LogP contribution in [0.25, 0.3) is 0 Å². The van der Waals surface area contributed by atoms with E-state index in [1.807, 2.05) is 0 Å². The van der Waals surface area contributed by atoms with E-state index in [4.69, 9.17) is 28.9 Å². The zero-order valence-electron chi connectivity index (χ0n) is 9.37. The fourth-order valence-corrected chi connectivity index (χ4v) is 2.17. The molecule has 0 atom stereocenters. The minimum absolute atomic E-state index is 0.